The van der Waals surface area contributed by atoms with Gasteiger partial charge in [-0.2, -0.15) is 0 Å². The molecule has 0 unspecified atom stereocenters. The molecule has 0 radical (unpaired) electrons. The molecule has 4 heteroatoms. The van der Waals surface area contributed by atoms with Gasteiger partial charge in [0.1, 0.15) is 0 Å². The zero-order valence-corrected chi connectivity index (χ0v) is 11.2. The van der Waals surface area contributed by atoms with Crippen LogP contribution < -0.4 is 5.32 Å². The van der Waals surface area contributed by atoms with Crippen molar-refractivity contribution in [2.75, 3.05) is 6.54 Å². The van der Waals surface area contributed by atoms with Crippen LogP contribution in [0.5, 0.6) is 0 Å². The Bertz CT molecular complexity index is 570. The SMILES string of the molecule is CC(=O)n1cc([C@H]2CCCN2)c2ccccc21.Cl. The van der Waals surface area contributed by atoms with E-state index in [9.17, 15) is 4.79 Å². The molecule has 3 rings (SSSR count). The first-order valence-corrected chi connectivity index (χ1v) is 6.11. The van der Waals surface area contributed by atoms with Crippen LogP contribution in [-0.4, -0.2) is 17.0 Å². The highest BCUT2D eigenvalue weighted by Crippen LogP contribution is 2.31. The summed E-state index contributed by atoms with van der Waals surface area (Å²) in [5.41, 5.74) is 2.28. The van der Waals surface area contributed by atoms with Crippen LogP contribution in [0.15, 0.2) is 30.5 Å². The second-order valence-electron chi connectivity index (χ2n) is 4.64. The number of carbonyl (C=O) groups excluding carboxylic acids is 1. The predicted molar refractivity (Wildman–Crippen MR) is 75.5 cm³/mol. The second kappa shape index (κ2) is 5.12. The van der Waals surface area contributed by atoms with E-state index in [2.05, 4.69) is 11.4 Å². The summed E-state index contributed by atoms with van der Waals surface area (Å²) in [5.74, 6) is 0.0745. The Labute approximate surface area is 113 Å². The third-order valence-electron chi connectivity index (χ3n) is 3.52. The minimum atomic E-state index is 0. The van der Waals surface area contributed by atoms with Gasteiger partial charge in [-0.25, -0.2) is 0 Å². The first-order chi connectivity index (χ1) is 8.27. The lowest BCUT2D eigenvalue weighted by Gasteiger charge is -2.08. The highest BCUT2D eigenvalue weighted by Gasteiger charge is 2.21. The molecule has 1 aliphatic heterocycles. The highest BCUT2D eigenvalue weighted by molar-refractivity contribution is 5.93. The third-order valence-corrected chi connectivity index (χ3v) is 3.52. The maximum Gasteiger partial charge on any atom is 0.227 e. The van der Waals surface area contributed by atoms with E-state index in [1.807, 2.05) is 24.4 Å². The fraction of sp³-hybridized carbons (Fsp3) is 0.357. The maximum atomic E-state index is 11.6. The normalized spacial score (nSPS) is 18.8. The molecule has 0 amide bonds. The lowest BCUT2D eigenvalue weighted by atomic mass is 10.0. The largest absolute Gasteiger partial charge is 0.310 e. The smallest absolute Gasteiger partial charge is 0.227 e. The predicted octanol–water partition coefficient (Wildman–Crippen LogP) is 3.15. The van der Waals surface area contributed by atoms with Crippen molar-refractivity contribution in [3.05, 3.63) is 36.0 Å². The van der Waals surface area contributed by atoms with Crippen LogP contribution in [0.3, 0.4) is 0 Å². The molecule has 2 heterocycles. The number of fused-ring (bicyclic) bond motifs is 1. The average Bonchev–Trinajstić information content (AvgIpc) is 2.95. The Morgan fingerprint density at radius 3 is 2.83 bits per heavy atom. The van der Waals surface area contributed by atoms with E-state index < -0.39 is 0 Å². The molecule has 1 aliphatic rings. The maximum absolute atomic E-state index is 11.6. The highest BCUT2D eigenvalue weighted by atomic mass is 35.5. The van der Waals surface area contributed by atoms with E-state index >= 15 is 0 Å². The lowest BCUT2D eigenvalue weighted by molar-refractivity contribution is 0.0941. The van der Waals surface area contributed by atoms with Crippen molar-refractivity contribution < 1.29 is 4.79 Å². The topological polar surface area (TPSA) is 34.0 Å². The standard InChI is InChI=1S/C14H16N2O.ClH/c1-10(17)16-9-12(13-6-4-8-15-13)11-5-2-3-7-14(11)16;/h2-3,5,7,9,13,15H,4,6,8H2,1H3;1H/t13-;/m1./s1. The van der Waals surface area contributed by atoms with Gasteiger partial charge in [0.2, 0.25) is 5.91 Å². The molecule has 1 N–H and O–H groups in total. The van der Waals surface area contributed by atoms with Crippen molar-refractivity contribution in [2.45, 2.75) is 25.8 Å². The summed E-state index contributed by atoms with van der Waals surface area (Å²) >= 11 is 0. The molecular formula is C14H17ClN2O. The van der Waals surface area contributed by atoms with Gasteiger partial charge in [-0.3, -0.25) is 9.36 Å². The van der Waals surface area contributed by atoms with Crippen LogP contribution in [0.2, 0.25) is 0 Å². The van der Waals surface area contributed by atoms with Gasteiger partial charge in [0.25, 0.3) is 0 Å². The fourth-order valence-corrected chi connectivity index (χ4v) is 2.69. The van der Waals surface area contributed by atoms with Gasteiger partial charge in [-0.15, -0.1) is 12.4 Å². The van der Waals surface area contributed by atoms with Crippen LogP contribution in [0.4, 0.5) is 0 Å². The van der Waals surface area contributed by atoms with Gasteiger partial charge in [-0.1, -0.05) is 18.2 Å². The van der Waals surface area contributed by atoms with Gasteiger partial charge < -0.3 is 5.32 Å². The Kier molecular flexibility index (Phi) is 3.73. The number of carbonyl (C=O) groups is 1. The Morgan fingerprint density at radius 2 is 2.17 bits per heavy atom. The number of para-hydroxylation sites is 1. The molecule has 0 aliphatic carbocycles. The van der Waals surface area contributed by atoms with Crippen LogP contribution in [0, 0.1) is 0 Å². The van der Waals surface area contributed by atoms with Gasteiger partial charge in [-0.05, 0) is 31.0 Å². The molecule has 1 aromatic carbocycles. The van der Waals surface area contributed by atoms with E-state index in [1.54, 1.807) is 11.5 Å². The number of nitrogens with zero attached hydrogens (tertiary/aromatic N) is 1. The van der Waals surface area contributed by atoms with Gasteiger partial charge in [0.05, 0.1) is 5.52 Å². The summed E-state index contributed by atoms with van der Waals surface area (Å²) in [6, 6.07) is 8.53. The van der Waals surface area contributed by atoms with Crippen LogP contribution >= 0.6 is 12.4 Å². The zero-order chi connectivity index (χ0) is 11.8. The van der Waals surface area contributed by atoms with Crippen molar-refractivity contribution in [1.29, 1.82) is 0 Å². The number of benzene rings is 1. The Morgan fingerprint density at radius 1 is 1.39 bits per heavy atom. The van der Waals surface area contributed by atoms with Crippen molar-refractivity contribution in [3.63, 3.8) is 0 Å². The second-order valence-corrected chi connectivity index (χ2v) is 4.64. The minimum Gasteiger partial charge on any atom is -0.310 e. The lowest BCUT2D eigenvalue weighted by Crippen LogP contribution is -2.12. The summed E-state index contributed by atoms with van der Waals surface area (Å²) < 4.78 is 1.75. The van der Waals surface area contributed by atoms with Crippen LogP contribution in [0.1, 0.15) is 36.2 Å². The van der Waals surface area contributed by atoms with Crippen molar-refractivity contribution in [2.24, 2.45) is 0 Å². The molecule has 0 bridgehead atoms. The van der Waals surface area contributed by atoms with Crippen LogP contribution in [-0.2, 0) is 0 Å². The van der Waals surface area contributed by atoms with Crippen molar-refractivity contribution >= 4 is 29.2 Å². The number of rotatable bonds is 1. The average molecular weight is 265 g/mol. The fourth-order valence-electron chi connectivity index (χ4n) is 2.69. The monoisotopic (exact) mass is 264 g/mol. The van der Waals surface area contributed by atoms with Gasteiger partial charge in [0, 0.05) is 24.5 Å². The molecule has 0 spiro atoms. The summed E-state index contributed by atoms with van der Waals surface area (Å²) in [5, 5.41) is 4.69. The summed E-state index contributed by atoms with van der Waals surface area (Å²) in [7, 11) is 0. The molecule has 1 fully saturated rings. The van der Waals surface area contributed by atoms with E-state index in [-0.39, 0.29) is 18.3 Å². The molecule has 1 saturated heterocycles. The molecule has 1 aromatic heterocycles. The molecule has 0 saturated carbocycles. The first-order valence-electron chi connectivity index (χ1n) is 6.11. The molecule has 2 aromatic rings. The summed E-state index contributed by atoms with van der Waals surface area (Å²) in [4.78, 5) is 11.6. The molecule has 18 heavy (non-hydrogen) atoms. The van der Waals surface area contributed by atoms with Gasteiger partial charge >= 0.3 is 0 Å². The first kappa shape index (κ1) is 13.1. The summed E-state index contributed by atoms with van der Waals surface area (Å²) in [6.45, 7) is 2.68. The number of hydrogen-bond acceptors (Lipinski definition) is 2. The number of hydrogen-bond donors (Lipinski definition) is 1. The zero-order valence-electron chi connectivity index (χ0n) is 10.3. The van der Waals surface area contributed by atoms with Crippen molar-refractivity contribution in [3.8, 4) is 0 Å². The third kappa shape index (κ3) is 2.04. The Balaban J connectivity index is 0.00000120. The Hall–Kier alpha value is -1.32. The van der Waals surface area contributed by atoms with E-state index in [4.69, 9.17) is 0 Å². The summed E-state index contributed by atoms with van der Waals surface area (Å²) in [6.07, 6.45) is 4.37. The van der Waals surface area contributed by atoms with Crippen molar-refractivity contribution in [1.82, 2.24) is 9.88 Å². The molecule has 96 valence electrons. The van der Waals surface area contributed by atoms with Crippen LogP contribution in [0.25, 0.3) is 10.9 Å². The number of aromatic nitrogens is 1. The van der Waals surface area contributed by atoms with E-state index in [1.165, 1.54) is 17.4 Å². The van der Waals surface area contributed by atoms with Gasteiger partial charge in [0.15, 0.2) is 0 Å². The number of halogens is 1. The quantitative estimate of drug-likeness (QED) is 0.859. The molecular weight excluding hydrogens is 248 g/mol. The van der Waals surface area contributed by atoms with E-state index in [0.29, 0.717) is 6.04 Å². The number of nitrogens with one attached hydrogen (secondary N) is 1. The van der Waals surface area contributed by atoms with E-state index in [0.717, 1.165) is 18.5 Å². The molecule has 3 nitrogen and oxygen atoms in total. The minimum absolute atomic E-state index is 0. The molecule has 1 atom stereocenters.